The lowest BCUT2D eigenvalue weighted by atomic mass is 9.78. The summed E-state index contributed by atoms with van der Waals surface area (Å²) in [5.41, 5.74) is -1.94. The molecule has 0 radical (unpaired) electrons. The molecule has 3 aromatic rings. The van der Waals surface area contributed by atoms with Crippen molar-refractivity contribution in [2.24, 2.45) is 5.41 Å². The van der Waals surface area contributed by atoms with Crippen molar-refractivity contribution in [2.75, 3.05) is 11.9 Å². The molecule has 2 aromatic carbocycles. The highest BCUT2D eigenvalue weighted by Crippen LogP contribution is 2.45. The van der Waals surface area contributed by atoms with Crippen molar-refractivity contribution in [3.05, 3.63) is 71.1 Å². The Bertz CT molecular complexity index is 1180. The molecule has 0 saturated heterocycles. The Labute approximate surface area is 200 Å². The zero-order chi connectivity index (χ0) is 24.6. The van der Waals surface area contributed by atoms with Crippen molar-refractivity contribution in [2.45, 2.75) is 51.7 Å². The zero-order valence-electron chi connectivity index (χ0n) is 19.1. The van der Waals surface area contributed by atoms with Crippen LogP contribution in [0.2, 0.25) is 0 Å². The van der Waals surface area contributed by atoms with Gasteiger partial charge in [-0.1, -0.05) is 50.2 Å². The second kappa shape index (κ2) is 9.11. The van der Waals surface area contributed by atoms with Gasteiger partial charge in [0.1, 0.15) is 12.0 Å². The van der Waals surface area contributed by atoms with Crippen LogP contribution in [0.15, 0.2) is 60.6 Å². The van der Waals surface area contributed by atoms with E-state index < -0.39 is 36.4 Å². The number of nitrogens with one attached hydrogen (secondary N) is 1. The van der Waals surface area contributed by atoms with E-state index >= 15 is 0 Å². The number of hydrogen-bond acceptors (Lipinski definition) is 6. The predicted octanol–water partition coefficient (Wildman–Crippen LogP) is 6.18. The highest BCUT2D eigenvalue weighted by Gasteiger charge is 2.57. The second-order valence-electron chi connectivity index (χ2n) is 9.19. The van der Waals surface area contributed by atoms with E-state index in [0.29, 0.717) is 17.6 Å². The molecular formula is C25H27F3N2O3S. The maximum Gasteiger partial charge on any atom is 0.418 e. The number of aromatic nitrogens is 1. The SMILES string of the molecule is Cc1nc2cccc(NCC(O)(CC(C)(C)C3=COC(Cc4ccccc4)O3)C(F)(F)F)c2s1. The van der Waals surface area contributed by atoms with Gasteiger partial charge in [0.25, 0.3) is 0 Å². The molecule has 1 aliphatic heterocycles. The number of fused-ring (bicyclic) bond motifs is 1. The standard InChI is InChI=1S/C25H27F3N2O3S/c1-16-30-19-11-7-10-18(22(19)34-16)29-15-24(31,25(26,27)28)14-23(2,3)20-13-32-21(33-20)12-17-8-5-4-6-9-17/h4-11,13,21,29,31H,12,14-15H2,1-3H3. The summed E-state index contributed by atoms with van der Waals surface area (Å²) in [6.07, 6.45) is -4.28. The van der Waals surface area contributed by atoms with Gasteiger partial charge in [0.05, 0.1) is 27.5 Å². The Morgan fingerprint density at radius 2 is 1.82 bits per heavy atom. The molecule has 0 fully saturated rings. The molecule has 0 saturated carbocycles. The van der Waals surface area contributed by atoms with Crippen molar-refractivity contribution in [1.82, 2.24) is 4.98 Å². The highest BCUT2D eigenvalue weighted by atomic mass is 32.1. The van der Waals surface area contributed by atoms with Gasteiger partial charge in [-0.15, -0.1) is 11.3 Å². The Hall–Kier alpha value is -2.78. The third kappa shape index (κ3) is 5.15. The molecule has 2 unspecified atom stereocenters. The lowest BCUT2D eigenvalue weighted by Crippen LogP contribution is -2.53. The van der Waals surface area contributed by atoms with Crippen molar-refractivity contribution in [3.8, 4) is 0 Å². The fourth-order valence-electron chi connectivity index (χ4n) is 4.07. The van der Waals surface area contributed by atoms with Crippen molar-refractivity contribution < 1.29 is 27.8 Å². The summed E-state index contributed by atoms with van der Waals surface area (Å²) < 4.78 is 54.5. The van der Waals surface area contributed by atoms with Gasteiger partial charge in [0.2, 0.25) is 6.29 Å². The number of aryl methyl sites for hydroxylation is 1. The van der Waals surface area contributed by atoms with E-state index in [-0.39, 0.29) is 5.76 Å². The molecule has 1 aromatic heterocycles. The van der Waals surface area contributed by atoms with Gasteiger partial charge in [-0.2, -0.15) is 13.2 Å². The van der Waals surface area contributed by atoms with E-state index in [1.807, 2.05) is 37.3 Å². The fourth-order valence-corrected chi connectivity index (χ4v) is 4.98. The molecule has 2 heterocycles. The average molecular weight is 493 g/mol. The summed E-state index contributed by atoms with van der Waals surface area (Å²) in [6, 6.07) is 14.8. The maximum absolute atomic E-state index is 14.1. The van der Waals surface area contributed by atoms with Gasteiger partial charge in [-0.05, 0) is 31.0 Å². The minimum atomic E-state index is -4.86. The smallest absolute Gasteiger partial charge is 0.418 e. The van der Waals surface area contributed by atoms with E-state index in [9.17, 15) is 18.3 Å². The fraction of sp³-hybridized carbons (Fsp3) is 0.400. The Morgan fingerprint density at radius 1 is 1.09 bits per heavy atom. The zero-order valence-corrected chi connectivity index (χ0v) is 20.0. The first-order chi connectivity index (χ1) is 16.0. The summed E-state index contributed by atoms with van der Waals surface area (Å²) in [5, 5.41) is 14.5. The van der Waals surface area contributed by atoms with Crippen molar-refractivity contribution in [3.63, 3.8) is 0 Å². The lowest BCUT2D eigenvalue weighted by Gasteiger charge is -2.37. The molecule has 182 valence electrons. The van der Waals surface area contributed by atoms with Gasteiger partial charge < -0.3 is 19.9 Å². The van der Waals surface area contributed by atoms with Crippen molar-refractivity contribution in [1.29, 1.82) is 0 Å². The van der Waals surface area contributed by atoms with E-state index in [2.05, 4.69) is 10.3 Å². The van der Waals surface area contributed by atoms with Crippen LogP contribution >= 0.6 is 11.3 Å². The molecule has 0 spiro atoms. The van der Waals surface area contributed by atoms with Crippen LogP contribution in [0.25, 0.3) is 10.2 Å². The van der Waals surface area contributed by atoms with Crippen LogP contribution in [0.5, 0.6) is 0 Å². The number of hydrogen-bond donors (Lipinski definition) is 2. The molecule has 2 atom stereocenters. The molecule has 1 aliphatic rings. The molecule has 34 heavy (non-hydrogen) atoms. The lowest BCUT2D eigenvalue weighted by molar-refractivity contribution is -0.263. The first-order valence-electron chi connectivity index (χ1n) is 10.9. The second-order valence-corrected chi connectivity index (χ2v) is 10.4. The Morgan fingerprint density at radius 3 is 2.53 bits per heavy atom. The van der Waals surface area contributed by atoms with Gasteiger partial charge in [0, 0.05) is 11.8 Å². The van der Waals surface area contributed by atoms with Crippen molar-refractivity contribution >= 4 is 27.2 Å². The molecule has 0 aliphatic carbocycles. The monoisotopic (exact) mass is 492 g/mol. The maximum atomic E-state index is 14.1. The number of thiazole rings is 1. The van der Waals surface area contributed by atoms with E-state index in [4.69, 9.17) is 9.47 Å². The molecular weight excluding hydrogens is 465 g/mol. The molecule has 9 heteroatoms. The molecule has 0 bridgehead atoms. The van der Waals surface area contributed by atoms with Crippen LogP contribution in [-0.2, 0) is 15.9 Å². The van der Waals surface area contributed by atoms with E-state index in [1.54, 1.807) is 32.0 Å². The number of benzene rings is 2. The average Bonchev–Trinajstić information content (AvgIpc) is 3.38. The first-order valence-corrected chi connectivity index (χ1v) is 11.7. The van der Waals surface area contributed by atoms with Crippen LogP contribution in [0.3, 0.4) is 0 Å². The van der Waals surface area contributed by atoms with Crippen LogP contribution in [0.4, 0.5) is 18.9 Å². The Kier molecular flexibility index (Phi) is 6.52. The minimum Gasteiger partial charge on any atom is -0.459 e. The summed E-state index contributed by atoms with van der Waals surface area (Å²) in [4.78, 5) is 4.37. The quantitative estimate of drug-likeness (QED) is 0.393. The number of aliphatic hydroxyl groups is 1. The summed E-state index contributed by atoms with van der Waals surface area (Å²) >= 11 is 1.39. The normalized spacial score (nSPS) is 18.2. The van der Waals surface area contributed by atoms with Crippen LogP contribution in [0, 0.1) is 12.3 Å². The number of ether oxygens (including phenoxy) is 2. The van der Waals surface area contributed by atoms with Crippen LogP contribution in [0.1, 0.15) is 30.8 Å². The summed E-state index contributed by atoms with van der Waals surface area (Å²) in [5.74, 6) is 0.274. The third-order valence-corrected chi connectivity index (χ3v) is 6.87. The number of halogens is 3. The largest absolute Gasteiger partial charge is 0.459 e. The third-order valence-electron chi connectivity index (χ3n) is 5.85. The predicted molar refractivity (Wildman–Crippen MR) is 126 cm³/mol. The van der Waals surface area contributed by atoms with Gasteiger partial charge in [0.15, 0.2) is 5.60 Å². The number of nitrogens with zero attached hydrogens (tertiary/aromatic N) is 1. The first kappa shape index (κ1) is 24.3. The topological polar surface area (TPSA) is 63.6 Å². The number of alkyl halides is 3. The molecule has 2 N–H and O–H groups in total. The minimum absolute atomic E-state index is 0.274. The number of rotatable bonds is 8. The Balaban J connectivity index is 1.47. The highest BCUT2D eigenvalue weighted by molar-refractivity contribution is 7.19. The molecule has 5 nitrogen and oxygen atoms in total. The number of allylic oxidation sites excluding steroid dienone is 1. The van der Waals surface area contributed by atoms with E-state index in [0.717, 1.165) is 15.3 Å². The van der Waals surface area contributed by atoms with Gasteiger partial charge >= 0.3 is 6.18 Å². The molecule has 0 amide bonds. The van der Waals surface area contributed by atoms with Crippen LogP contribution in [-0.4, -0.2) is 34.7 Å². The van der Waals surface area contributed by atoms with Crippen LogP contribution < -0.4 is 5.32 Å². The number of anilines is 1. The molecule has 4 rings (SSSR count). The van der Waals surface area contributed by atoms with Gasteiger partial charge in [-0.25, -0.2) is 4.98 Å². The summed E-state index contributed by atoms with van der Waals surface area (Å²) in [7, 11) is 0. The van der Waals surface area contributed by atoms with Gasteiger partial charge in [-0.3, -0.25) is 0 Å². The van der Waals surface area contributed by atoms with E-state index in [1.165, 1.54) is 17.6 Å². The summed E-state index contributed by atoms with van der Waals surface area (Å²) in [6.45, 7) is 4.34.